The van der Waals surface area contributed by atoms with E-state index in [1.54, 1.807) is 18.2 Å². The fourth-order valence-corrected chi connectivity index (χ4v) is 2.96. The zero-order valence-corrected chi connectivity index (χ0v) is 15.1. The molecule has 0 aliphatic carbocycles. The van der Waals surface area contributed by atoms with Crippen LogP contribution in [0.25, 0.3) is 29.2 Å². The van der Waals surface area contributed by atoms with Gasteiger partial charge in [-0.1, -0.05) is 59.7 Å². The number of phenolic OH excluding ortho intramolecular Hbond substituents is 2. The van der Waals surface area contributed by atoms with Crippen molar-refractivity contribution in [3.63, 3.8) is 0 Å². The van der Waals surface area contributed by atoms with Crippen molar-refractivity contribution in [1.82, 2.24) is 14.8 Å². The summed E-state index contributed by atoms with van der Waals surface area (Å²) in [6.07, 6.45) is 3.48. The largest absolute Gasteiger partial charge is 0.507 e. The van der Waals surface area contributed by atoms with Crippen molar-refractivity contribution in [2.75, 3.05) is 0 Å². The second-order valence-corrected chi connectivity index (χ2v) is 6.28. The van der Waals surface area contributed by atoms with Crippen molar-refractivity contribution in [2.24, 2.45) is 0 Å². The molecule has 0 spiro atoms. The average molecular weight is 389 g/mol. The monoisotopic (exact) mass is 389 g/mol. The highest BCUT2D eigenvalue weighted by atomic mass is 19.1. The van der Waals surface area contributed by atoms with E-state index in [0.29, 0.717) is 5.56 Å². The fraction of sp³-hybridized carbons (Fsp3) is 0. The van der Waals surface area contributed by atoms with Crippen molar-refractivity contribution < 1.29 is 19.7 Å². The molecule has 0 aliphatic heterocycles. The van der Waals surface area contributed by atoms with Crippen molar-refractivity contribution in [3.8, 4) is 34.6 Å². The molecule has 0 bridgehead atoms. The summed E-state index contributed by atoms with van der Waals surface area (Å²) in [7, 11) is 0. The maximum atomic E-state index is 14.3. The van der Waals surface area contributed by atoms with E-state index in [0.717, 1.165) is 16.2 Å². The van der Waals surface area contributed by atoms with Crippen LogP contribution in [0.15, 0.2) is 66.7 Å². The lowest BCUT2D eigenvalue weighted by molar-refractivity contribution is 0.418. The zero-order valence-electron chi connectivity index (χ0n) is 15.1. The van der Waals surface area contributed by atoms with Crippen LogP contribution in [0.3, 0.4) is 0 Å². The third-order valence-electron chi connectivity index (χ3n) is 4.38. The van der Waals surface area contributed by atoms with E-state index in [9.17, 15) is 19.7 Å². The molecule has 0 fully saturated rings. The molecule has 0 saturated carbocycles. The first kappa shape index (κ1) is 18.2. The molecule has 7 heteroatoms. The van der Waals surface area contributed by atoms with Crippen LogP contribution in [0.1, 0.15) is 11.1 Å². The normalized spacial score (nSPS) is 11.2. The number of halogens is 1. The summed E-state index contributed by atoms with van der Waals surface area (Å²) < 4.78 is 15.4. The van der Waals surface area contributed by atoms with Crippen molar-refractivity contribution in [2.45, 2.75) is 0 Å². The van der Waals surface area contributed by atoms with Gasteiger partial charge in [0.1, 0.15) is 17.3 Å². The Hall–Kier alpha value is -4.13. The van der Waals surface area contributed by atoms with E-state index >= 15 is 0 Å². The van der Waals surface area contributed by atoms with Gasteiger partial charge in [0.05, 0.1) is 11.3 Å². The minimum absolute atomic E-state index is 0.0267. The molecule has 6 nitrogen and oxygen atoms in total. The Morgan fingerprint density at radius 1 is 0.793 bits per heavy atom. The van der Waals surface area contributed by atoms with Gasteiger partial charge in [0.25, 0.3) is 0 Å². The number of hydrogen-bond acceptors (Lipinski definition) is 5. The summed E-state index contributed by atoms with van der Waals surface area (Å²) in [6.45, 7) is 0. The first-order chi connectivity index (χ1) is 14.0. The number of aromatic nitrogens is 3. The molecular formula is C22H16FN3O3. The van der Waals surface area contributed by atoms with Crippen LogP contribution >= 0.6 is 0 Å². The third-order valence-corrected chi connectivity index (χ3v) is 4.38. The molecule has 29 heavy (non-hydrogen) atoms. The van der Waals surface area contributed by atoms with Gasteiger partial charge in [-0.3, -0.25) is 0 Å². The third kappa shape index (κ3) is 3.53. The number of phenols is 2. The minimum Gasteiger partial charge on any atom is -0.507 e. The predicted molar refractivity (Wildman–Crippen MR) is 107 cm³/mol. The first-order valence-electron chi connectivity index (χ1n) is 8.73. The van der Waals surface area contributed by atoms with Crippen LogP contribution in [0.4, 0.5) is 4.39 Å². The molecule has 4 aromatic rings. The number of nitrogens with zero attached hydrogens (tertiary/aromatic N) is 3. The summed E-state index contributed by atoms with van der Waals surface area (Å²) in [5, 5.41) is 38.2. The maximum absolute atomic E-state index is 14.3. The van der Waals surface area contributed by atoms with Gasteiger partial charge in [-0.05, 0) is 23.8 Å². The summed E-state index contributed by atoms with van der Waals surface area (Å²) in [4.78, 5) is 0. The molecule has 0 atom stereocenters. The van der Waals surface area contributed by atoms with E-state index in [2.05, 4.69) is 10.2 Å². The molecule has 1 aromatic heterocycles. The minimum atomic E-state index is -0.591. The molecule has 4 rings (SSSR count). The molecule has 0 unspecified atom stereocenters. The van der Waals surface area contributed by atoms with Gasteiger partial charge < -0.3 is 15.3 Å². The molecule has 3 N–H and O–H groups in total. The second-order valence-electron chi connectivity index (χ2n) is 6.28. The Balaban J connectivity index is 1.83. The molecule has 144 valence electrons. The van der Waals surface area contributed by atoms with E-state index < -0.39 is 11.8 Å². The molecule has 3 aromatic carbocycles. The summed E-state index contributed by atoms with van der Waals surface area (Å²) in [6, 6.07) is 17.4. The van der Waals surface area contributed by atoms with Gasteiger partial charge in [0, 0.05) is 11.6 Å². The Morgan fingerprint density at radius 3 is 2.28 bits per heavy atom. The van der Waals surface area contributed by atoms with E-state index in [4.69, 9.17) is 0 Å². The number of hydrogen-bond donors (Lipinski definition) is 3. The molecule has 1 heterocycles. The number of rotatable bonds is 4. The maximum Gasteiger partial charge on any atom is 0.319 e. The Morgan fingerprint density at radius 2 is 1.52 bits per heavy atom. The lowest BCUT2D eigenvalue weighted by Gasteiger charge is -2.11. The van der Waals surface area contributed by atoms with Crippen LogP contribution in [-0.2, 0) is 0 Å². The number of para-hydroxylation sites is 1. The standard InChI is InChI=1S/C22H16FN3O3/c23-17-8-4-5-9-18(17)26-21(24-25-22(26)29)16-12-15(19(27)13-20(16)28)11-10-14-6-2-1-3-7-14/h1-13,27-28H,(H,25,29). The summed E-state index contributed by atoms with van der Waals surface area (Å²) in [5.41, 5.74) is 1.53. The average Bonchev–Trinajstić information content (AvgIpc) is 3.09. The van der Waals surface area contributed by atoms with E-state index in [-0.39, 0.29) is 28.6 Å². The van der Waals surface area contributed by atoms with Gasteiger partial charge in [-0.25, -0.2) is 8.96 Å². The molecule has 0 saturated heterocycles. The highest BCUT2D eigenvalue weighted by Gasteiger charge is 2.21. The van der Waals surface area contributed by atoms with E-state index in [1.165, 1.54) is 24.3 Å². The van der Waals surface area contributed by atoms with Crippen LogP contribution < -0.4 is 0 Å². The molecular weight excluding hydrogens is 373 g/mol. The van der Waals surface area contributed by atoms with Crippen LogP contribution in [-0.4, -0.2) is 30.1 Å². The highest BCUT2D eigenvalue weighted by Crippen LogP contribution is 2.37. The topological polar surface area (TPSA) is 91.4 Å². The quantitative estimate of drug-likeness (QED) is 0.451. The Bertz CT molecular complexity index is 1200. The van der Waals surface area contributed by atoms with Gasteiger partial charge in [-0.15, -0.1) is 5.10 Å². The lowest BCUT2D eigenvalue weighted by atomic mass is 10.1. The molecule has 0 amide bonds. The van der Waals surface area contributed by atoms with Crippen LogP contribution in [0.5, 0.6) is 17.5 Å². The Kier molecular flexibility index (Phi) is 4.70. The van der Waals surface area contributed by atoms with Crippen molar-refractivity contribution in [3.05, 3.63) is 83.7 Å². The first-order valence-corrected chi connectivity index (χ1v) is 8.73. The smallest absolute Gasteiger partial charge is 0.319 e. The molecule has 0 radical (unpaired) electrons. The number of aromatic hydroxyl groups is 3. The fourth-order valence-electron chi connectivity index (χ4n) is 2.96. The van der Waals surface area contributed by atoms with Crippen LogP contribution in [0.2, 0.25) is 0 Å². The second kappa shape index (κ2) is 7.47. The van der Waals surface area contributed by atoms with Gasteiger partial charge in [-0.2, -0.15) is 0 Å². The van der Waals surface area contributed by atoms with Gasteiger partial charge in [0.15, 0.2) is 5.82 Å². The summed E-state index contributed by atoms with van der Waals surface area (Å²) >= 11 is 0. The highest BCUT2D eigenvalue weighted by molar-refractivity contribution is 5.78. The van der Waals surface area contributed by atoms with Crippen molar-refractivity contribution in [1.29, 1.82) is 0 Å². The Labute approximate surface area is 165 Å². The SMILES string of the molecule is Oc1cc(O)c(-c2nnc(O)n2-c2ccccc2F)cc1C=Cc1ccccc1. The van der Waals surface area contributed by atoms with E-state index in [1.807, 2.05) is 30.3 Å². The predicted octanol–water partition coefficient (Wildman–Crippen LogP) is 4.36. The zero-order chi connectivity index (χ0) is 20.4. The molecule has 0 aliphatic rings. The lowest BCUT2D eigenvalue weighted by Crippen LogP contribution is -2.00. The summed E-state index contributed by atoms with van der Waals surface area (Å²) in [5.74, 6) is -0.991. The van der Waals surface area contributed by atoms with Gasteiger partial charge >= 0.3 is 6.01 Å². The van der Waals surface area contributed by atoms with Crippen LogP contribution in [0, 0.1) is 5.82 Å². The number of benzene rings is 3. The van der Waals surface area contributed by atoms with Crippen molar-refractivity contribution >= 4 is 12.2 Å². The van der Waals surface area contributed by atoms with Gasteiger partial charge in [0.2, 0.25) is 0 Å².